The van der Waals surface area contributed by atoms with Crippen molar-refractivity contribution in [2.24, 2.45) is 0 Å². The van der Waals surface area contributed by atoms with Gasteiger partial charge in [0.2, 0.25) is 5.91 Å². The predicted molar refractivity (Wildman–Crippen MR) is 101 cm³/mol. The molecule has 0 spiro atoms. The highest BCUT2D eigenvalue weighted by atomic mass is 35.5. The molecule has 0 radical (unpaired) electrons. The molecule has 1 aromatic carbocycles. The van der Waals surface area contributed by atoms with E-state index in [1.807, 2.05) is 29.2 Å². The third-order valence-corrected chi connectivity index (χ3v) is 5.81. The standard InChI is InChI=1S/C18H23ClN4OS/c1-2-23-16(12-22-11-7-3-4-10-17(22)24)20-21-18(23)25-13-14-8-5-6-9-15(14)19/h5-6,8-9H,2-4,7,10-13H2,1H3. The van der Waals surface area contributed by atoms with Gasteiger partial charge in [-0.25, -0.2) is 0 Å². The van der Waals surface area contributed by atoms with E-state index in [0.29, 0.717) is 13.0 Å². The molecule has 0 atom stereocenters. The predicted octanol–water partition coefficient (Wildman–Crippen LogP) is 4.15. The first-order valence-corrected chi connectivity index (χ1v) is 10.1. The first kappa shape index (κ1) is 18.3. The molecule has 3 rings (SSSR count). The van der Waals surface area contributed by atoms with Crippen LogP contribution in [0, 0.1) is 0 Å². The van der Waals surface area contributed by atoms with E-state index in [0.717, 1.165) is 59.7 Å². The van der Waals surface area contributed by atoms with Crippen LogP contribution in [0.4, 0.5) is 0 Å². The number of nitrogens with zero attached hydrogens (tertiary/aromatic N) is 4. The van der Waals surface area contributed by atoms with Crippen molar-refractivity contribution in [1.82, 2.24) is 19.7 Å². The number of hydrogen-bond donors (Lipinski definition) is 0. The summed E-state index contributed by atoms with van der Waals surface area (Å²) in [6.07, 6.45) is 3.84. The summed E-state index contributed by atoms with van der Waals surface area (Å²) in [6.45, 7) is 4.23. The number of carbonyl (C=O) groups excluding carboxylic acids is 1. The number of halogens is 1. The minimum absolute atomic E-state index is 0.230. The minimum atomic E-state index is 0.230. The maximum absolute atomic E-state index is 12.2. The lowest BCUT2D eigenvalue weighted by atomic mass is 10.2. The molecule has 0 N–H and O–H groups in total. The van der Waals surface area contributed by atoms with E-state index in [1.165, 1.54) is 0 Å². The summed E-state index contributed by atoms with van der Waals surface area (Å²) in [4.78, 5) is 14.1. The molecule has 25 heavy (non-hydrogen) atoms. The third-order valence-electron chi connectivity index (χ3n) is 4.43. The van der Waals surface area contributed by atoms with Crippen molar-refractivity contribution in [2.75, 3.05) is 6.54 Å². The molecule has 2 aromatic rings. The summed E-state index contributed by atoms with van der Waals surface area (Å²) >= 11 is 7.86. The van der Waals surface area contributed by atoms with E-state index in [9.17, 15) is 4.79 Å². The molecule has 2 heterocycles. The Morgan fingerprint density at radius 3 is 2.84 bits per heavy atom. The lowest BCUT2D eigenvalue weighted by Crippen LogP contribution is -2.31. The zero-order chi connectivity index (χ0) is 17.6. The minimum Gasteiger partial charge on any atom is -0.335 e. The smallest absolute Gasteiger partial charge is 0.222 e. The fraction of sp³-hybridized carbons (Fsp3) is 0.500. The third kappa shape index (κ3) is 4.55. The maximum Gasteiger partial charge on any atom is 0.222 e. The van der Waals surface area contributed by atoms with E-state index in [4.69, 9.17) is 11.6 Å². The molecule has 0 saturated carbocycles. The van der Waals surface area contributed by atoms with Crippen LogP contribution < -0.4 is 0 Å². The fourth-order valence-corrected chi connectivity index (χ4v) is 4.30. The lowest BCUT2D eigenvalue weighted by Gasteiger charge is -2.20. The van der Waals surface area contributed by atoms with Gasteiger partial charge in [-0.05, 0) is 31.4 Å². The van der Waals surface area contributed by atoms with Crippen LogP contribution in [0.2, 0.25) is 5.02 Å². The average molecular weight is 379 g/mol. The van der Waals surface area contributed by atoms with Crippen molar-refractivity contribution in [1.29, 1.82) is 0 Å². The average Bonchev–Trinajstić information content (AvgIpc) is 2.89. The second-order valence-electron chi connectivity index (χ2n) is 6.15. The Balaban J connectivity index is 1.70. The maximum atomic E-state index is 12.2. The number of rotatable bonds is 6. The summed E-state index contributed by atoms with van der Waals surface area (Å²) in [5.41, 5.74) is 1.09. The van der Waals surface area contributed by atoms with Crippen LogP contribution in [0.15, 0.2) is 29.4 Å². The zero-order valence-corrected chi connectivity index (χ0v) is 16.0. The van der Waals surface area contributed by atoms with Crippen LogP contribution in [0.1, 0.15) is 44.0 Å². The number of hydrogen-bond acceptors (Lipinski definition) is 4. The van der Waals surface area contributed by atoms with E-state index in [1.54, 1.807) is 11.8 Å². The molecular formula is C18H23ClN4OS. The number of benzene rings is 1. The van der Waals surface area contributed by atoms with Crippen molar-refractivity contribution >= 4 is 29.3 Å². The number of thioether (sulfide) groups is 1. The van der Waals surface area contributed by atoms with Crippen molar-refractivity contribution < 1.29 is 4.79 Å². The quantitative estimate of drug-likeness (QED) is 0.708. The van der Waals surface area contributed by atoms with Crippen LogP contribution in [0.5, 0.6) is 0 Å². The molecule has 0 unspecified atom stereocenters. The molecule has 134 valence electrons. The Morgan fingerprint density at radius 2 is 2.04 bits per heavy atom. The molecular weight excluding hydrogens is 356 g/mol. The Morgan fingerprint density at radius 1 is 1.20 bits per heavy atom. The SMILES string of the molecule is CCn1c(CN2CCCCCC2=O)nnc1SCc1ccccc1Cl. The molecule has 7 heteroatoms. The Labute approximate surface area is 157 Å². The van der Waals surface area contributed by atoms with Gasteiger partial charge in [0.25, 0.3) is 0 Å². The van der Waals surface area contributed by atoms with Gasteiger partial charge in [0.05, 0.1) is 6.54 Å². The van der Waals surface area contributed by atoms with Gasteiger partial charge in [0.1, 0.15) is 0 Å². The van der Waals surface area contributed by atoms with Gasteiger partial charge < -0.3 is 9.47 Å². The van der Waals surface area contributed by atoms with E-state index in [-0.39, 0.29) is 5.91 Å². The van der Waals surface area contributed by atoms with E-state index in [2.05, 4.69) is 21.7 Å². The van der Waals surface area contributed by atoms with Crippen molar-refractivity contribution in [3.05, 3.63) is 40.7 Å². The van der Waals surface area contributed by atoms with Crippen LogP contribution in [0.25, 0.3) is 0 Å². The molecule has 1 aliphatic heterocycles. The Kier molecular flexibility index (Phi) is 6.37. The highest BCUT2D eigenvalue weighted by Gasteiger charge is 2.20. The molecule has 1 aromatic heterocycles. The number of amides is 1. The lowest BCUT2D eigenvalue weighted by molar-refractivity contribution is -0.131. The van der Waals surface area contributed by atoms with Crippen LogP contribution >= 0.6 is 23.4 Å². The summed E-state index contributed by atoms with van der Waals surface area (Å²) in [5, 5.41) is 10.3. The van der Waals surface area contributed by atoms with Crippen molar-refractivity contribution in [3.63, 3.8) is 0 Å². The largest absolute Gasteiger partial charge is 0.335 e. The highest BCUT2D eigenvalue weighted by Crippen LogP contribution is 2.26. The Hall–Kier alpha value is -1.53. The molecule has 1 aliphatic rings. The monoisotopic (exact) mass is 378 g/mol. The van der Waals surface area contributed by atoms with E-state index < -0.39 is 0 Å². The number of carbonyl (C=O) groups is 1. The first-order chi connectivity index (χ1) is 12.2. The Bertz CT molecular complexity index is 734. The second-order valence-corrected chi connectivity index (χ2v) is 7.50. The van der Waals surface area contributed by atoms with E-state index >= 15 is 0 Å². The second kappa shape index (κ2) is 8.72. The summed E-state index contributed by atoms with van der Waals surface area (Å²) in [6, 6.07) is 7.85. The fourth-order valence-electron chi connectivity index (χ4n) is 2.99. The van der Waals surface area contributed by atoms with Crippen molar-refractivity contribution in [2.45, 2.75) is 56.6 Å². The van der Waals surface area contributed by atoms with Gasteiger partial charge >= 0.3 is 0 Å². The van der Waals surface area contributed by atoms with Crippen LogP contribution in [0.3, 0.4) is 0 Å². The van der Waals surface area contributed by atoms with Gasteiger partial charge in [-0.2, -0.15) is 0 Å². The number of likely N-dealkylation sites (tertiary alicyclic amines) is 1. The van der Waals surface area contributed by atoms with Gasteiger partial charge in [-0.15, -0.1) is 10.2 Å². The van der Waals surface area contributed by atoms with Gasteiger partial charge in [-0.1, -0.05) is 48.0 Å². The van der Waals surface area contributed by atoms with Gasteiger partial charge in [-0.3, -0.25) is 4.79 Å². The summed E-state index contributed by atoms with van der Waals surface area (Å²) in [5.74, 6) is 1.84. The topological polar surface area (TPSA) is 51.0 Å². The first-order valence-electron chi connectivity index (χ1n) is 8.75. The number of aromatic nitrogens is 3. The molecule has 0 bridgehead atoms. The van der Waals surface area contributed by atoms with Crippen LogP contribution in [-0.2, 0) is 23.6 Å². The molecule has 1 saturated heterocycles. The van der Waals surface area contributed by atoms with Crippen molar-refractivity contribution in [3.8, 4) is 0 Å². The van der Waals surface area contributed by atoms with Gasteiger partial charge in [0.15, 0.2) is 11.0 Å². The summed E-state index contributed by atoms with van der Waals surface area (Å²) < 4.78 is 2.10. The zero-order valence-electron chi connectivity index (χ0n) is 14.4. The van der Waals surface area contributed by atoms with Crippen LogP contribution in [-0.4, -0.2) is 32.1 Å². The normalized spacial score (nSPS) is 15.4. The molecule has 0 aliphatic carbocycles. The highest BCUT2D eigenvalue weighted by molar-refractivity contribution is 7.98. The molecule has 1 fully saturated rings. The summed E-state index contributed by atoms with van der Waals surface area (Å²) in [7, 11) is 0. The molecule has 1 amide bonds. The van der Waals surface area contributed by atoms with Gasteiger partial charge in [0, 0.05) is 30.3 Å². The molecule has 5 nitrogen and oxygen atoms in total.